The van der Waals surface area contributed by atoms with Gasteiger partial charge >= 0.3 is 5.97 Å². The number of para-hydroxylation sites is 1. The molecule has 0 fully saturated rings. The van der Waals surface area contributed by atoms with Gasteiger partial charge in [0, 0.05) is 18.0 Å². The Balaban J connectivity index is 0.00000162. The summed E-state index contributed by atoms with van der Waals surface area (Å²) in [5.41, 5.74) is 7.02. The van der Waals surface area contributed by atoms with Crippen molar-refractivity contribution in [1.29, 1.82) is 0 Å². The molecule has 1 unspecified atom stereocenters. The van der Waals surface area contributed by atoms with E-state index in [1.165, 1.54) is 4.57 Å². The zero-order valence-electron chi connectivity index (χ0n) is 9.45. The number of fused-ring (bicyclic) bond motifs is 1. The van der Waals surface area contributed by atoms with Gasteiger partial charge in [-0.3, -0.25) is 14.2 Å². The van der Waals surface area contributed by atoms with Gasteiger partial charge in [-0.25, -0.2) is 0 Å². The number of benzene rings is 1. The first-order chi connectivity index (χ1) is 8.13. The van der Waals surface area contributed by atoms with E-state index < -0.39 is 12.0 Å². The second-order valence-electron chi connectivity index (χ2n) is 3.83. The van der Waals surface area contributed by atoms with Crippen LogP contribution in [0.1, 0.15) is 5.56 Å². The minimum Gasteiger partial charge on any atom is -0.480 e. The predicted molar refractivity (Wildman–Crippen MR) is 70.6 cm³/mol. The SMILES string of the molecule is Cl.NC(Cc1cn(C=O)c2ccccc12)C(=O)O. The molecule has 1 atom stereocenters. The Labute approximate surface area is 110 Å². The normalized spacial score (nSPS) is 11.8. The minimum absolute atomic E-state index is 0. The molecule has 0 amide bonds. The second kappa shape index (κ2) is 5.66. The van der Waals surface area contributed by atoms with Crippen molar-refractivity contribution in [1.82, 2.24) is 4.57 Å². The molecule has 0 radical (unpaired) electrons. The molecule has 0 aliphatic carbocycles. The van der Waals surface area contributed by atoms with Gasteiger partial charge in [0.2, 0.25) is 6.41 Å². The Morgan fingerprint density at radius 3 is 2.72 bits per heavy atom. The highest BCUT2D eigenvalue weighted by atomic mass is 35.5. The van der Waals surface area contributed by atoms with Crippen LogP contribution in [0.25, 0.3) is 10.9 Å². The Kier molecular flexibility index (Phi) is 4.47. The monoisotopic (exact) mass is 268 g/mol. The fourth-order valence-corrected chi connectivity index (χ4v) is 1.85. The van der Waals surface area contributed by atoms with Gasteiger partial charge < -0.3 is 10.8 Å². The third-order valence-electron chi connectivity index (χ3n) is 2.69. The van der Waals surface area contributed by atoms with E-state index in [4.69, 9.17) is 10.8 Å². The van der Waals surface area contributed by atoms with Gasteiger partial charge in [-0.1, -0.05) is 18.2 Å². The first kappa shape index (κ1) is 14.2. The molecule has 0 aliphatic rings. The van der Waals surface area contributed by atoms with Crippen LogP contribution in [0.3, 0.4) is 0 Å². The Morgan fingerprint density at radius 2 is 2.11 bits per heavy atom. The lowest BCUT2D eigenvalue weighted by Gasteiger charge is -2.04. The highest BCUT2D eigenvalue weighted by molar-refractivity contribution is 5.89. The average molecular weight is 269 g/mol. The number of hydrogen-bond donors (Lipinski definition) is 2. The highest BCUT2D eigenvalue weighted by Gasteiger charge is 2.15. The van der Waals surface area contributed by atoms with Gasteiger partial charge in [-0.15, -0.1) is 12.4 Å². The summed E-state index contributed by atoms with van der Waals surface area (Å²) in [6, 6.07) is 6.36. The maximum absolute atomic E-state index is 10.9. The lowest BCUT2D eigenvalue weighted by atomic mass is 10.1. The first-order valence-corrected chi connectivity index (χ1v) is 5.15. The van der Waals surface area contributed by atoms with Crippen LogP contribution >= 0.6 is 12.4 Å². The molecule has 5 nitrogen and oxygen atoms in total. The van der Waals surface area contributed by atoms with Crippen LogP contribution in [-0.2, 0) is 16.0 Å². The van der Waals surface area contributed by atoms with Gasteiger partial charge in [0.15, 0.2) is 0 Å². The molecule has 2 aromatic rings. The van der Waals surface area contributed by atoms with E-state index in [1.807, 2.05) is 18.2 Å². The number of nitrogens with two attached hydrogens (primary N) is 1. The summed E-state index contributed by atoms with van der Waals surface area (Å²) in [4.78, 5) is 21.6. The van der Waals surface area contributed by atoms with E-state index in [-0.39, 0.29) is 18.8 Å². The zero-order chi connectivity index (χ0) is 12.4. The molecule has 0 spiro atoms. The van der Waals surface area contributed by atoms with Crippen LogP contribution in [0.4, 0.5) is 0 Å². The van der Waals surface area contributed by atoms with Crippen LogP contribution < -0.4 is 5.73 Å². The standard InChI is InChI=1S/C12H12N2O3.ClH/c13-10(12(16)17)5-8-6-14(7-15)11-4-2-1-3-9(8)11;/h1-4,6-7,10H,5,13H2,(H,16,17);1H. The van der Waals surface area contributed by atoms with Crippen molar-refractivity contribution in [3.63, 3.8) is 0 Å². The van der Waals surface area contributed by atoms with E-state index in [1.54, 1.807) is 12.3 Å². The number of rotatable bonds is 4. The van der Waals surface area contributed by atoms with Crippen molar-refractivity contribution < 1.29 is 14.7 Å². The summed E-state index contributed by atoms with van der Waals surface area (Å²) in [7, 11) is 0. The number of carbonyl (C=O) groups excluding carboxylic acids is 1. The van der Waals surface area contributed by atoms with E-state index in [2.05, 4.69) is 0 Å². The summed E-state index contributed by atoms with van der Waals surface area (Å²) in [5, 5.41) is 9.64. The van der Waals surface area contributed by atoms with E-state index >= 15 is 0 Å². The molecule has 1 heterocycles. The molecular formula is C12H13ClN2O3. The van der Waals surface area contributed by atoms with E-state index in [0.717, 1.165) is 16.5 Å². The maximum atomic E-state index is 10.9. The van der Waals surface area contributed by atoms with Crippen molar-refractivity contribution in [2.45, 2.75) is 12.5 Å². The van der Waals surface area contributed by atoms with Crippen molar-refractivity contribution >= 4 is 35.7 Å². The molecule has 18 heavy (non-hydrogen) atoms. The van der Waals surface area contributed by atoms with Crippen molar-refractivity contribution in [2.24, 2.45) is 5.73 Å². The van der Waals surface area contributed by atoms with Crippen molar-refractivity contribution in [3.8, 4) is 0 Å². The number of aromatic nitrogens is 1. The lowest BCUT2D eigenvalue weighted by Crippen LogP contribution is -2.32. The quantitative estimate of drug-likeness (QED) is 0.812. The van der Waals surface area contributed by atoms with Gasteiger partial charge in [0.25, 0.3) is 0 Å². The summed E-state index contributed by atoms with van der Waals surface area (Å²) >= 11 is 0. The molecule has 3 N–H and O–H groups in total. The van der Waals surface area contributed by atoms with Gasteiger partial charge in [-0.05, 0) is 11.6 Å². The first-order valence-electron chi connectivity index (χ1n) is 5.15. The van der Waals surface area contributed by atoms with Gasteiger partial charge in [0.1, 0.15) is 6.04 Å². The summed E-state index contributed by atoms with van der Waals surface area (Å²) in [6.07, 6.45) is 2.52. The molecule has 1 aromatic heterocycles. The van der Waals surface area contributed by atoms with Crippen LogP contribution in [-0.4, -0.2) is 28.1 Å². The van der Waals surface area contributed by atoms with Crippen LogP contribution in [0.2, 0.25) is 0 Å². The smallest absolute Gasteiger partial charge is 0.320 e. The number of aliphatic carboxylic acids is 1. The molecule has 0 aliphatic heterocycles. The van der Waals surface area contributed by atoms with Crippen molar-refractivity contribution in [3.05, 3.63) is 36.0 Å². The zero-order valence-corrected chi connectivity index (χ0v) is 10.3. The lowest BCUT2D eigenvalue weighted by molar-refractivity contribution is -0.138. The molecule has 0 saturated carbocycles. The number of carbonyl (C=O) groups is 2. The van der Waals surface area contributed by atoms with Crippen molar-refractivity contribution in [2.75, 3.05) is 0 Å². The van der Waals surface area contributed by atoms with E-state index in [9.17, 15) is 9.59 Å². The third-order valence-corrected chi connectivity index (χ3v) is 2.69. The summed E-state index contributed by atoms with van der Waals surface area (Å²) in [5.74, 6) is -1.05. The second-order valence-corrected chi connectivity index (χ2v) is 3.83. The molecule has 6 heteroatoms. The largest absolute Gasteiger partial charge is 0.480 e. The van der Waals surface area contributed by atoms with Gasteiger partial charge in [0.05, 0.1) is 5.52 Å². The molecule has 0 saturated heterocycles. The van der Waals surface area contributed by atoms with Crippen LogP contribution in [0, 0.1) is 0 Å². The number of nitrogens with zero attached hydrogens (tertiary/aromatic N) is 1. The number of hydrogen-bond acceptors (Lipinski definition) is 3. The third kappa shape index (κ3) is 2.52. The average Bonchev–Trinajstić information content (AvgIpc) is 2.68. The molecule has 1 aromatic carbocycles. The predicted octanol–water partition coefficient (Wildman–Crippen LogP) is 1.06. The molecule has 0 bridgehead atoms. The number of carboxylic acid groups (broad SMARTS) is 1. The topological polar surface area (TPSA) is 85.3 Å². The minimum atomic E-state index is -1.05. The van der Waals surface area contributed by atoms with Crippen LogP contribution in [0.15, 0.2) is 30.5 Å². The molecule has 2 rings (SSSR count). The molecular weight excluding hydrogens is 256 g/mol. The number of carboxylic acids is 1. The van der Waals surface area contributed by atoms with Crippen LogP contribution in [0.5, 0.6) is 0 Å². The van der Waals surface area contributed by atoms with E-state index in [0.29, 0.717) is 6.41 Å². The van der Waals surface area contributed by atoms with Gasteiger partial charge in [-0.2, -0.15) is 0 Å². The maximum Gasteiger partial charge on any atom is 0.320 e. The Hall–Kier alpha value is -1.85. The fourth-order valence-electron chi connectivity index (χ4n) is 1.85. The highest BCUT2D eigenvalue weighted by Crippen LogP contribution is 2.21. The number of halogens is 1. The molecule has 96 valence electrons. The summed E-state index contributed by atoms with van der Waals surface area (Å²) < 4.78 is 1.43. The summed E-state index contributed by atoms with van der Waals surface area (Å²) in [6.45, 7) is 0. The Bertz CT molecular complexity index is 580. The Morgan fingerprint density at radius 1 is 1.44 bits per heavy atom. The fraction of sp³-hybridized carbons (Fsp3) is 0.167.